The van der Waals surface area contributed by atoms with Gasteiger partial charge in [-0.25, -0.2) is 14.8 Å². The maximum atomic E-state index is 12.7. The summed E-state index contributed by atoms with van der Waals surface area (Å²) in [7, 11) is -4.91. The summed E-state index contributed by atoms with van der Waals surface area (Å²) < 4.78 is 51.2. The van der Waals surface area contributed by atoms with Crippen molar-refractivity contribution in [3.63, 3.8) is 0 Å². The third-order valence-corrected chi connectivity index (χ3v) is 10.8. The molecule has 2 aliphatic rings. The highest BCUT2D eigenvalue weighted by Gasteiger charge is 2.26. The summed E-state index contributed by atoms with van der Waals surface area (Å²) in [4.78, 5) is 75.2. The molecule has 2 saturated heterocycles. The maximum Gasteiger partial charge on any atom is 0.326 e. The number of morpholine rings is 2. The summed E-state index contributed by atoms with van der Waals surface area (Å²) >= 11 is 0.541. The zero-order chi connectivity index (χ0) is 47.4. The van der Waals surface area contributed by atoms with Gasteiger partial charge in [-0.2, -0.15) is 38.3 Å². The third-order valence-electron chi connectivity index (χ3n) is 9.21. The number of hydrogen-bond donors (Lipinski definition) is 10. The zero-order valence-electron chi connectivity index (χ0n) is 34.0. The van der Waals surface area contributed by atoms with Crippen LogP contribution in [0.3, 0.4) is 0 Å². The fourth-order valence-corrected chi connectivity index (χ4v) is 7.35. The lowest BCUT2D eigenvalue weighted by Crippen LogP contribution is -2.38. The number of ether oxygens (including phenoxy) is 2. The first-order valence-corrected chi connectivity index (χ1v) is 21.4. The molecule has 66 heavy (non-hydrogen) atoms. The Kier molecular flexibility index (Phi) is 16.3. The second kappa shape index (κ2) is 22.2. The second-order valence-corrected chi connectivity index (χ2v) is 16.0. The van der Waals surface area contributed by atoms with Gasteiger partial charge in [-0.05, 0) is 35.4 Å². The molecule has 6 rings (SSSR count). The Balaban J connectivity index is 1.28. The van der Waals surface area contributed by atoms with Crippen LogP contribution in [0, 0.1) is 0 Å². The predicted molar refractivity (Wildman–Crippen MR) is 229 cm³/mol. The van der Waals surface area contributed by atoms with Gasteiger partial charge in [0.25, 0.3) is 10.1 Å². The Morgan fingerprint density at radius 1 is 0.682 bits per heavy atom. The van der Waals surface area contributed by atoms with Gasteiger partial charge in [0.2, 0.25) is 35.7 Å². The standard InChI is InChI=1S/C36H40N12O16S2/c49-27(50)17-23(29(53)54)39-33-41-31(43-35(45-33)47-7-11-61-12-8-47)37-21-5-3-19(25(15-21)65-64-63-57)1-2-20-4-6-22(16-26(20)66(58,59)60)38-32-42-34(40-24(30(55)56)18-28(51)52)46-36(44-32)48-9-13-62-14-10-48/h1-6,15-16,23-24,57H,7-14,17-18H2,(H,49,50)(H,51,52)(H,53,54)(H,55,56)(H,58,59,60)(H2,37,39,41,43,45)(H2,38,40,42,44,46)/b2-1+. The van der Waals surface area contributed by atoms with Crippen LogP contribution < -0.4 is 31.1 Å². The Morgan fingerprint density at radius 3 is 1.56 bits per heavy atom. The Labute approximate surface area is 376 Å². The van der Waals surface area contributed by atoms with Crippen LogP contribution in [0.15, 0.2) is 46.2 Å². The first kappa shape index (κ1) is 48.4. The van der Waals surface area contributed by atoms with E-state index in [0.29, 0.717) is 75.9 Å². The van der Waals surface area contributed by atoms with Crippen molar-refractivity contribution in [2.75, 3.05) is 83.7 Å². The molecule has 352 valence electrons. The number of benzene rings is 2. The molecular weight excluding hydrogens is 921 g/mol. The van der Waals surface area contributed by atoms with E-state index in [1.165, 1.54) is 30.4 Å². The molecule has 0 amide bonds. The molecule has 28 nitrogen and oxygen atoms in total. The summed E-state index contributed by atoms with van der Waals surface area (Å²) in [5, 5.41) is 61.2. The van der Waals surface area contributed by atoms with Crippen molar-refractivity contribution in [1.82, 2.24) is 29.9 Å². The van der Waals surface area contributed by atoms with Crippen molar-refractivity contribution in [2.45, 2.75) is 34.7 Å². The van der Waals surface area contributed by atoms with E-state index in [9.17, 15) is 52.6 Å². The average Bonchev–Trinajstić information content (AvgIpc) is 3.27. The first-order valence-electron chi connectivity index (χ1n) is 19.3. The molecule has 4 aromatic rings. The Bertz CT molecular complexity index is 2560. The fraction of sp³-hybridized carbons (Fsp3) is 0.333. The number of aliphatic carboxylic acids is 4. The monoisotopic (exact) mass is 960 g/mol. The second-order valence-electron chi connectivity index (χ2n) is 13.8. The fourth-order valence-electron chi connectivity index (χ4n) is 6.13. The van der Waals surface area contributed by atoms with E-state index in [-0.39, 0.29) is 51.8 Å². The highest BCUT2D eigenvalue weighted by molar-refractivity contribution is 7.94. The zero-order valence-corrected chi connectivity index (χ0v) is 35.6. The van der Waals surface area contributed by atoms with Crippen LogP contribution in [0.4, 0.5) is 47.1 Å². The number of anilines is 8. The highest BCUT2D eigenvalue weighted by Crippen LogP contribution is 2.32. The molecule has 0 bridgehead atoms. The summed E-state index contributed by atoms with van der Waals surface area (Å²) in [5.41, 5.74) is 0.719. The Morgan fingerprint density at radius 2 is 1.12 bits per heavy atom. The number of hydrogen-bond acceptors (Lipinski definition) is 24. The van der Waals surface area contributed by atoms with E-state index in [0.717, 1.165) is 6.07 Å². The van der Waals surface area contributed by atoms with Crippen LogP contribution in [0.25, 0.3) is 12.2 Å². The van der Waals surface area contributed by atoms with Crippen molar-refractivity contribution < 1.29 is 76.7 Å². The van der Waals surface area contributed by atoms with E-state index in [1.807, 2.05) is 0 Å². The van der Waals surface area contributed by atoms with Gasteiger partial charge in [0.15, 0.2) is 0 Å². The molecule has 2 aromatic carbocycles. The van der Waals surface area contributed by atoms with E-state index in [2.05, 4.69) is 56.2 Å². The lowest BCUT2D eigenvalue weighted by Gasteiger charge is -2.27. The number of aromatic nitrogens is 6. The van der Waals surface area contributed by atoms with Crippen LogP contribution in [0.1, 0.15) is 24.0 Å². The largest absolute Gasteiger partial charge is 0.481 e. The third kappa shape index (κ3) is 13.7. The number of carboxylic acid groups (broad SMARTS) is 4. The lowest BCUT2D eigenvalue weighted by atomic mass is 10.1. The minimum Gasteiger partial charge on any atom is -0.481 e. The number of nitrogens with zero attached hydrogens (tertiary/aromatic N) is 8. The lowest BCUT2D eigenvalue weighted by molar-refractivity contribution is -0.432. The molecular formula is C36H40N12O16S2. The predicted octanol–water partition coefficient (Wildman–Crippen LogP) is 1.74. The number of nitrogens with one attached hydrogen (secondary N) is 4. The molecule has 4 heterocycles. The van der Waals surface area contributed by atoms with Gasteiger partial charge in [-0.15, -0.1) is 4.33 Å². The maximum absolute atomic E-state index is 12.7. The van der Waals surface area contributed by atoms with Gasteiger partial charge < -0.3 is 61.0 Å². The molecule has 0 spiro atoms. The van der Waals surface area contributed by atoms with Crippen molar-refractivity contribution in [2.24, 2.45) is 0 Å². The summed E-state index contributed by atoms with van der Waals surface area (Å²) in [5.74, 6) is -6.30. The molecule has 2 atom stereocenters. The molecule has 0 saturated carbocycles. The van der Waals surface area contributed by atoms with Crippen LogP contribution in [-0.4, -0.2) is 157 Å². The van der Waals surface area contributed by atoms with E-state index < -0.39 is 63.8 Å². The van der Waals surface area contributed by atoms with Crippen molar-refractivity contribution in [1.29, 1.82) is 0 Å². The van der Waals surface area contributed by atoms with Gasteiger partial charge >= 0.3 is 23.9 Å². The Hall–Kier alpha value is -7.06. The molecule has 10 N–H and O–H groups in total. The minimum absolute atomic E-state index is 0.00562. The van der Waals surface area contributed by atoms with Gasteiger partial charge in [0.1, 0.15) is 17.0 Å². The first-order chi connectivity index (χ1) is 31.5. The van der Waals surface area contributed by atoms with Gasteiger partial charge in [0.05, 0.1) is 51.3 Å². The van der Waals surface area contributed by atoms with Crippen molar-refractivity contribution in [3.8, 4) is 0 Å². The smallest absolute Gasteiger partial charge is 0.326 e. The van der Waals surface area contributed by atoms with Crippen molar-refractivity contribution in [3.05, 3.63) is 47.5 Å². The number of carboxylic acids is 4. The van der Waals surface area contributed by atoms with Crippen molar-refractivity contribution >= 4 is 105 Å². The molecule has 30 heteroatoms. The average molecular weight is 961 g/mol. The number of rotatable bonds is 22. The highest BCUT2D eigenvalue weighted by atomic mass is 32.2. The summed E-state index contributed by atoms with van der Waals surface area (Å²) in [6.07, 6.45) is 1.22. The molecule has 0 radical (unpaired) electrons. The van der Waals surface area contributed by atoms with E-state index >= 15 is 0 Å². The van der Waals surface area contributed by atoms with Gasteiger partial charge in [-0.3, -0.25) is 14.1 Å². The quantitative estimate of drug-likeness (QED) is 0.0176. The van der Waals surface area contributed by atoms with Gasteiger partial charge in [0, 0.05) is 42.4 Å². The minimum atomic E-state index is -4.91. The normalized spacial score (nSPS) is 15.2. The van der Waals surface area contributed by atoms with E-state index in [4.69, 9.17) is 19.1 Å². The van der Waals surface area contributed by atoms with Gasteiger partial charge in [-0.1, -0.05) is 29.3 Å². The van der Waals surface area contributed by atoms with Crippen LogP contribution in [-0.2, 0) is 48.1 Å². The van der Waals surface area contributed by atoms with Crippen LogP contribution in [0.5, 0.6) is 0 Å². The summed E-state index contributed by atoms with van der Waals surface area (Å²) in [6.45, 7) is 2.87. The molecule has 0 aliphatic carbocycles. The summed E-state index contributed by atoms with van der Waals surface area (Å²) in [6, 6.07) is 5.26. The molecule has 2 aromatic heterocycles. The molecule has 2 unspecified atom stereocenters. The van der Waals surface area contributed by atoms with Crippen LogP contribution >= 0.6 is 12.0 Å². The van der Waals surface area contributed by atoms with Crippen LogP contribution in [0.2, 0.25) is 0 Å². The molecule has 2 fully saturated rings. The SMILES string of the molecule is O=C(O)CC(Nc1nc(Nc2ccc(/C=C/c3ccc(Nc4nc(NC(CC(=O)O)C(=O)O)nc(N5CCOCC5)n4)cc3S(=O)(=O)O)c(SOOO)c2)nc(N2CCOCC2)n1)C(=O)O. The van der Waals surface area contributed by atoms with E-state index in [1.54, 1.807) is 21.9 Å². The topological polar surface area (TPSA) is 393 Å². The number of carbonyl (C=O) groups is 4. The molecule has 2 aliphatic heterocycles.